The molecule has 0 saturated heterocycles. The lowest BCUT2D eigenvalue weighted by atomic mass is 9.80. The van der Waals surface area contributed by atoms with Crippen molar-refractivity contribution >= 4 is 5.97 Å². The summed E-state index contributed by atoms with van der Waals surface area (Å²) in [6.07, 6.45) is 3.25. The third-order valence-corrected chi connectivity index (χ3v) is 3.92. The van der Waals surface area contributed by atoms with Gasteiger partial charge < -0.3 is 15.6 Å². The zero-order valence-electron chi connectivity index (χ0n) is 12.6. The second-order valence-electron chi connectivity index (χ2n) is 5.24. The van der Waals surface area contributed by atoms with Gasteiger partial charge in [-0.3, -0.25) is 9.78 Å². The molecule has 2 aromatic rings. The van der Waals surface area contributed by atoms with Gasteiger partial charge in [-0.05, 0) is 35.2 Å². The number of nitrogens with two attached hydrogens (primary N) is 1. The molecule has 0 fully saturated rings. The van der Waals surface area contributed by atoms with E-state index in [0.29, 0.717) is 0 Å². The highest BCUT2D eigenvalue weighted by atomic mass is 16.5. The smallest absolute Gasteiger partial charge is 0.309 e. The number of carbonyl (C=O) groups is 1. The molecule has 1 unspecified atom stereocenters. The van der Waals surface area contributed by atoms with Gasteiger partial charge in [0, 0.05) is 18.4 Å². The normalized spacial score (nSPS) is 14.9. The molecule has 1 aromatic carbocycles. The number of carboxylic acids is 1. The Morgan fingerprint density at radius 1 is 1.23 bits per heavy atom. The van der Waals surface area contributed by atoms with Crippen LogP contribution in [0.4, 0.5) is 0 Å². The number of ether oxygens (including phenoxy) is 1. The highest BCUT2D eigenvalue weighted by Crippen LogP contribution is 2.33. The highest BCUT2D eigenvalue weighted by Gasteiger charge is 2.32. The fourth-order valence-electron chi connectivity index (χ4n) is 2.57. The minimum absolute atomic E-state index is 0.237. The molecule has 22 heavy (non-hydrogen) atoms. The number of methoxy groups -OCH3 is 1. The van der Waals surface area contributed by atoms with Gasteiger partial charge in [0.25, 0.3) is 0 Å². The summed E-state index contributed by atoms with van der Waals surface area (Å²) in [7, 11) is 1.59. The number of hydrogen-bond donors (Lipinski definition) is 2. The van der Waals surface area contributed by atoms with Crippen LogP contribution in [-0.4, -0.2) is 23.2 Å². The second kappa shape index (κ2) is 7.04. The lowest BCUT2D eigenvalue weighted by molar-refractivity contribution is -0.143. The van der Waals surface area contributed by atoms with E-state index in [4.69, 9.17) is 10.5 Å². The second-order valence-corrected chi connectivity index (χ2v) is 5.24. The monoisotopic (exact) mass is 300 g/mol. The molecule has 0 aliphatic heterocycles. The van der Waals surface area contributed by atoms with Gasteiger partial charge in [-0.1, -0.05) is 25.1 Å². The van der Waals surface area contributed by atoms with Gasteiger partial charge in [0.05, 0.1) is 13.0 Å². The van der Waals surface area contributed by atoms with Crippen molar-refractivity contribution in [3.63, 3.8) is 0 Å². The fourth-order valence-corrected chi connectivity index (χ4v) is 2.57. The van der Waals surface area contributed by atoms with Crippen molar-refractivity contribution in [1.29, 1.82) is 0 Å². The molecule has 0 bridgehead atoms. The molecule has 1 heterocycles. The van der Waals surface area contributed by atoms with Gasteiger partial charge in [0.1, 0.15) is 5.75 Å². The summed E-state index contributed by atoms with van der Waals surface area (Å²) < 4.78 is 5.12. The van der Waals surface area contributed by atoms with Crippen LogP contribution in [0.1, 0.15) is 30.0 Å². The standard InChI is InChI=1S/C17H20N2O3/c1-11(12-5-7-14(22-2)8-6-12)15(17(20)21)16(18)13-4-3-9-19-10-13/h3-11,15-16H,18H2,1-2H3,(H,20,21)/t11?,15-,16+/m0/s1. The Labute approximate surface area is 129 Å². The summed E-state index contributed by atoms with van der Waals surface area (Å²) in [4.78, 5) is 15.7. The van der Waals surface area contributed by atoms with E-state index in [-0.39, 0.29) is 5.92 Å². The molecule has 116 valence electrons. The van der Waals surface area contributed by atoms with Crippen LogP contribution in [-0.2, 0) is 4.79 Å². The van der Waals surface area contributed by atoms with E-state index in [1.807, 2.05) is 31.2 Å². The largest absolute Gasteiger partial charge is 0.497 e. The number of hydrogen-bond acceptors (Lipinski definition) is 4. The first-order valence-corrected chi connectivity index (χ1v) is 7.07. The maximum absolute atomic E-state index is 11.7. The average molecular weight is 300 g/mol. The van der Waals surface area contributed by atoms with E-state index in [9.17, 15) is 9.90 Å². The third kappa shape index (κ3) is 3.43. The Hall–Kier alpha value is -2.40. The maximum atomic E-state index is 11.7. The Balaban J connectivity index is 2.28. The van der Waals surface area contributed by atoms with E-state index < -0.39 is 17.9 Å². The van der Waals surface area contributed by atoms with E-state index in [0.717, 1.165) is 16.9 Å². The molecule has 0 saturated carbocycles. The van der Waals surface area contributed by atoms with Crippen LogP contribution in [0.25, 0.3) is 0 Å². The van der Waals surface area contributed by atoms with Crippen molar-refractivity contribution in [2.24, 2.45) is 11.7 Å². The summed E-state index contributed by atoms with van der Waals surface area (Å²) in [5.74, 6) is -1.16. The molecule has 0 aliphatic carbocycles. The molecular weight excluding hydrogens is 280 g/mol. The number of aliphatic carboxylic acids is 1. The lowest BCUT2D eigenvalue weighted by Crippen LogP contribution is -2.32. The number of nitrogens with zero attached hydrogens (tertiary/aromatic N) is 1. The van der Waals surface area contributed by atoms with Crippen molar-refractivity contribution in [2.75, 3.05) is 7.11 Å². The minimum Gasteiger partial charge on any atom is -0.497 e. The number of benzene rings is 1. The topological polar surface area (TPSA) is 85.4 Å². The van der Waals surface area contributed by atoms with Crippen LogP contribution >= 0.6 is 0 Å². The minimum atomic E-state index is -0.917. The summed E-state index contributed by atoms with van der Waals surface area (Å²) in [6, 6.07) is 10.3. The predicted molar refractivity (Wildman–Crippen MR) is 83.7 cm³/mol. The van der Waals surface area contributed by atoms with Gasteiger partial charge in [-0.2, -0.15) is 0 Å². The van der Waals surface area contributed by atoms with Crippen molar-refractivity contribution < 1.29 is 14.6 Å². The Morgan fingerprint density at radius 2 is 1.91 bits per heavy atom. The number of rotatable bonds is 6. The van der Waals surface area contributed by atoms with Gasteiger partial charge in [0.2, 0.25) is 0 Å². The van der Waals surface area contributed by atoms with E-state index in [1.54, 1.807) is 31.6 Å². The summed E-state index contributed by atoms with van der Waals surface area (Å²) in [6.45, 7) is 1.87. The molecule has 3 atom stereocenters. The zero-order valence-corrected chi connectivity index (χ0v) is 12.6. The SMILES string of the molecule is COc1ccc(C(C)[C@H](C(=O)O)[C@H](N)c2cccnc2)cc1. The molecule has 0 radical (unpaired) electrons. The highest BCUT2D eigenvalue weighted by molar-refractivity contribution is 5.72. The lowest BCUT2D eigenvalue weighted by Gasteiger charge is -2.26. The maximum Gasteiger partial charge on any atom is 0.309 e. The van der Waals surface area contributed by atoms with Crippen LogP contribution in [0.15, 0.2) is 48.8 Å². The first-order chi connectivity index (χ1) is 10.5. The first-order valence-electron chi connectivity index (χ1n) is 7.07. The average Bonchev–Trinajstić information content (AvgIpc) is 2.55. The number of pyridine rings is 1. The van der Waals surface area contributed by atoms with Gasteiger partial charge in [0.15, 0.2) is 0 Å². The summed E-state index contributed by atoms with van der Waals surface area (Å²) >= 11 is 0. The van der Waals surface area contributed by atoms with Crippen molar-refractivity contribution in [2.45, 2.75) is 18.9 Å². The van der Waals surface area contributed by atoms with Crippen LogP contribution in [0, 0.1) is 5.92 Å². The van der Waals surface area contributed by atoms with Crippen molar-refractivity contribution in [3.8, 4) is 5.75 Å². The van der Waals surface area contributed by atoms with Gasteiger partial charge >= 0.3 is 5.97 Å². The van der Waals surface area contributed by atoms with Crippen molar-refractivity contribution in [3.05, 3.63) is 59.9 Å². The van der Waals surface area contributed by atoms with Crippen molar-refractivity contribution in [1.82, 2.24) is 4.98 Å². The molecular formula is C17H20N2O3. The Bertz CT molecular complexity index is 614. The number of aromatic nitrogens is 1. The van der Waals surface area contributed by atoms with E-state index in [2.05, 4.69) is 4.98 Å². The van der Waals surface area contributed by atoms with Gasteiger partial charge in [-0.25, -0.2) is 0 Å². The number of carboxylic acid groups (broad SMARTS) is 1. The quantitative estimate of drug-likeness (QED) is 0.856. The molecule has 0 amide bonds. The van der Waals surface area contributed by atoms with Crippen LogP contribution in [0.3, 0.4) is 0 Å². The molecule has 0 spiro atoms. The molecule has 1 aromatic heterocycles. The molecule has 2 rings (SSSR count). The van der Waals surface area contributed by atoms with Crippen LogP contribution < -0.4 is 10.5 Å². The zero-order chi connectivity index (χ0) is 16.1. The summed E-state index contributed by atoms with van der Waals surface area (Å²) in [5.41, 5.74) is 7.82. The van der Waals surface area contributed by atoms with E-state index >= 15 is 0 Å². The van der Waals surface area contributed by atoms with Gasteiger partial charge in [-0.15, -0.1) is 0 Å². The third-order valence-electron chi connectivity index (χ3n) is 3.92. The van der Waals surface area contributed by atoms with Crippen LogP contribution in [0.2, 0.25) is 0 Å². The molecule has 5 heteroatoms. The Kier molecular flexibility index (Phi) is 5.12. The first kappa shape index (κ1) is 16.0. The molecule has 5 nitrogen and oxygen atoms in total. The molecule has 3 N–H and O–H groups in total. The predicted octanol–water partition coefficient (Wildman–Crippen LogP) is 2.59. The summed E-state index contributed by atoms with van der Waals surface area (Å²) in [5, 5.41) is 9.61. The van der Waals surface area contributed by atoms with Crippen LogP contribution in [0.5, 0.6) is 5.75 Å². The Morgan fingerprint density at radius 3 is 2.41 bits per heavy atom. The van der Waals surface area contributed by atoms with E-state index in [1.165, 1.54) is 0 Å². The fraction of sp³-hybridized carbons (Fsp3) is 0.294. The molecule has 0 aliphatic rings.